The highest BCUT2D eigenvalue weighted by Gasteiger charge is 2.15. The van der Waals surface area contributed by atoms with Gasteiger partial charge in [-0.1, -0.05) is 0 Å². The number of amides is 2. The summed E-state index contributed by atoms with van der Waals surface area (Å²) in [5, 5.41) is 5.16. The number of carbonyl (C=O) groups excluding carboxylic acids is 2. The van der Waals surface area contributed by atoms with Crippen LogP contribution in [0.1, 0.15) is 27.6 Å². The quantitative estimate of drug-likeness (QED) is 0.558. The Labute approximate surface area is 170 Å². The minimum atomic E-state index is -1.64. The van der Waals surface area contributed by atoms with Crippen LogP contribution in [0.4, 0.5) is 24.5 Å². The van der Waals surface area contributed by atoms with E-state index in [1.165, 1.54) is 24.3 Å². The van der Waals surface area contributed by atoms with Crippen LogP contribution in [-0.4, -0.2) is 18.4 Å². The van der Waals surface area contributed by atoms with Gasteiger partial charge in [-0.15, -0.1) is 0 Å². The first kappa shape index (κ1) is 20.9. The fourth-order valence-electron chi connectivity index (χ4n) is 2.60. The number of benzene rings is 3. The number of nitrogens with one attached hydrogen (secondary N) is 2. The summed E-state index contributed by atoms with van der Waals surface area (Å²) in [4.78, 5) is 24.4. The molecule has 8 heteroatoms. The molecule has 0 saturated carbocycles. The van der Waals surface area contributed by atoms with Gasteiger partial charge in [0.05, 0.1) is 6.61 Å². The van der Waals surface area contributed by atoms with Crippen molar-refractivity contribution in [2.75, 3.05) is 17.2 Å². The molecule has 3 aromatic rings. The average Bonchev–Trinajstić information content (AvgIpc) is 2.73. The molecule has 0 fully saturated rings. The van der Waals surface area contributed by atoms with E-state index in [1.807, 2.05) is 6.92 Å². The van der Waals surface area contributed by atoms with Gasteiger partial charge < -0.3 is 15.4 Å². The van der Waals surface area contributed by atoms with E-state index in [2.05, 4.69) is 10.6 Å². The molecule has 0 unspecified atom stereocenters. The molecule has 2 N–H and O–H groups in total. The molecule has 0 aliphatic rings. The Morgan fingerprint density at radius 1 is 0.767 bits per heavy atom. The van der Waals surface area contributed by atoms with Crippen molar-refractivity contribution < 1.29 is 27.5 Å². The zero-order valence-corrected chi connectivity index (χ0v) is 15.8. The van der Waals surface area contributed by atoms with Crippen molar-refractivity contribution in [1.82, 2.24) is 0 Å². The second-order valence-electron chi connectivity index (χ2n) is 6.20. The maximum Gasteiger partial charge on any atom is 0.255 e. The number of rotatable bonds is 6. The van der Waals surface area contributed by atoms with Crippen molar-refractivity contribution in [3.8, 4) is 5.75 Å². The number of halogens is 3. The van der Waals surface area contributed by atoms with E-state index < -0.39 is 23.4 Å². The van der Waals surface area contributed by atoms with Gasteiger partial charge in [0.15, 0.2) is 17.5 Å². The Hall–Kier alpha value is -3.81. The standard InChI is InChI=1S/C22H17F3N2O3/c1-2-30-17-9-7-16(8-10-17)26-21(28)13-3-5-15(6-4-13)27-22(29)14-11-18(23)20(25)19(24)12-14/h3-12H,2H2,1H3,(H,26,28)(H,27,29). The maximum absolute atomic E-state index is 13.3. The summed E-state index contributed by atoms with van der Waals surface area (Å²) in [6.45, 7) is 2.41. The third-order valence-corrected chi connectivity index (χ3v) is 4.07. The zero-order valence-electron chi connectivity index (χ0n) is 15.8. The molecule has 2 amide bonds. The Morgan fingerprint density at radius 3 is 1.73 bits per heavy atom. The summed E-state index contributed by atoms with van der Waals surface area (Å²) in [5.41, 5.74) is 0.841. The summed E-state index contributed by atoms with van der Waals surface area (Å²) in [5.74, 6) is -5.05. The third-order valence-electron chi connectivity index (χ3n) is 4.07. The first-order chi connectivity index (χ1) is 14.4. The molecule has 5 nitrogen and oxygen atoms in total. The van der Waals surface area contributed by atoms with E-state index in [0.717, 1.165) is 0 Å². The maximum atomic E-state index is 13.3. The molecule has 0 heterocycles. The van der Waals surface area contributed by atoms with E-state index in [4.69, 9.17) is 4.74 Å². The first-order valence-corrected chi connectivity index (χ1v) is 8.97. The predicted octanol–water partition coefficient (Wildman–Crippen LogP) is 5.01. The number of hydrogen-bond donors (Lipinski definition) is 2. The largest absolute Gasteiger partial charge is 0.494 e. The lowest BCUT2D eigenvalue weighted by molar-refractivity contribution is 0.101. The lowest BCUT2D eigenvalue weighted by atomic mass is 10.1. The lowest BCUT2D eigenvalue weighted by Gasteiger charge is -2.09. The van der Waals surface area contributed by atoms with Crippen LogP contribution >= 0.6 is 0 Å². The van der Waals surface area contributed by atoms with Gasteiger partial charge >= 0.3 is 0 Å². The minimum absolute atomic E-state index is 0.294. The normalized spacial score (nSPS) is 10.4. The molecule has 0 aromatic heterocycles. The molecule has 0 aliphatic carbocycles. The molecule has 0 radical (unpaired) electrons. The number of carbonyl (C=O) groups is 2. The molecular weight excluding hydrogens is 397 g/mol. The SMILES string of the molecule is CCOc1ccc(NC(=O)c2ccc(NC(=O)c3cc(F)c(F)c(F)c3)cc2)cc1. The third kappa shape index (κ3) is 4.96. The van der Waals surface area contributed by atoms with Crippen LogP contribution in [0.2, 0.25) is 0 Å². The highest BCUT2D eigenvalue weighted by molar-refractivity contribution is 6.06. The number of anilines is 2. The highest BCUT2D eigenvalue weighted by atomic mass is 19.2. The van der Waals surface area contributed by atoms with Crippen molar-refractivity contribution >= 4 is 23.2 Å². The predicted molar refractivity (Wildman–Crippen MR) is 106 cm³/mol. The van der Waals surface area contributed by atoms with Crippen molar-refractivity contribution in [1.29, 1.82) is 0 Å². The van der Waals surface area contributed by atoms with Gasteiger partial charge in [0.2, 0.25) is 0 Å². The molecule has 0 aliphatic heterocycles. The molecule has 0 saturated heterocycles. The van der Waals surface area contributed by atoms with E-state index in [-0.39, 0.29) is 11.5 Å². The van der Waals surface area contributed by atoms with Gasteiger partial charge in [-0.25, -0.2) is 13.2 Å². The lowest BCUT2D eigenvalue weighted by Crippen LogP contribution is -2.14. The molecular formula is C22H17F3N2O3. The highest BCUT2D eigenvalue weighted by Crippen LogP contribution is 2.18. The fourth-order valence-corrected chi connectivity index (χ4v) is 2.60. The van der Waals surface area contributed by atoms with Crippen molar-refractivity contribution in [3.05, 3.63) is 89.2 Å². The van der Waals surface area contributed by atoms with E-state index in [0.29, 0.717) is 41.4 Å². The Morgan fingerprint density at radius 2 is 1.23 bits per heavy atom. The van der Waals surface area contributed by atoms with Gasteiger partial charge in [0.1, 0.15) is 5.75 Å². The topological polar surface area (TPSA) is 67.4 Å². The summed E-state index contributed by atoms with van der Waals surface area (Å²) < 4.78 is 44.9. The zero-order chi connectivity index (χ0) is 21.7. The molecule has 3 rings (SSSR count). The smallest absolute Gasteiger partial charge is 0.255 e. The van der Waals surface area contributed by atoms with E-state index in [9.17, 15) is 22.8 Å². The van der Waals surface area contributed by atoms with Gasteiger partial charge in [0, 0.05) is 22.5 Å². The van der Waals surface area contributed by atoms with Crippen molar-refractivity contribution in [3.63, 3.8) is 0 Å². The minimum Gasteiger partial charge on any atom is -0.494 e. The van der Waals surface area contributed by atoms with Crippen LogP contribution in [0, 0.1) is 17.5 Å². The summed E-state index contributed by atoms with van der Waals surface area (Å²) >= 11 is 0. The van der Waals surface area contributed by atoms with Gasteiger partial charge in [0.25, 0.3) is 11.8 Å². The molecule has 0 bridgehead atoms. The number of ether oxygens (including phenoxy) is 1. The van der Waals surface area contributed by atoms with Crippen molar-refractivity contribution in [2.45, 2.75) is 6.92 Å². The van der Waals surface area contributed by atoms with Gasteiger partial charge in [-0.3, -0.25) is 9.59 Å². The fraction of sp³-hybridized carbons (Fsp3) is 0.0909. The van der Waals surface area contributed by atoms with E-state index >= 15 is 0 Å². The number of hydrogen-bond acceptors (Lipinski definition) is 3. The second-order valence-corrected chi connectivity index (χ2v) is 6.20. The van der Waals surface area contributed by atoms with Crippen LogP contribution in [0.3, 0.4) is 0 Å². The molecule has 0 atom stereocenters. The summed E-state index contributed by atoms with van der Waals surface area (Å²) in [7, 11) is 0. The van der Waals surface area contributed by atoms with Crippen LogP contribution in [0.25, 0.3) is 0 Å². The Kier molecular flexibility index (Phi) is 6.36. The van der Waals surface area contributed by atoms with E-state index in [1.54, 1.807) is 24.3 Å². The first-order valence-electron chi connectivity index (χ1n) is 8.97. The molecule has 0 spiro atoms. The molecule has 30 heavy (non-hydrogen) atoms. The summed E-state index contributed by atoms with van der Waals surface area (Å²) in [6.07, 6.45) is 0. The Bertz CT molecular complexity index is 1040. The van der Waals surface area contributed by atoms with Crippen LogP contribution < -0.4 is 15.4 Å². The Balaban J connectivity index is 1.64. The average molecular weight is 414 g/mol. The molecule has 3 aromatic carbocycles. The molecule has 154 valence electrons. The van der Waals surface area contributed by atoms with Gasteiger partial charge in [-0.2, -0.15) is 0 Å². The van der Waals surface area contributed by atoms with Crippen LogP contribution in [0.5, 0.6) is 5.75 Å². The van der Waals surface area contributed by atoms with Crippen molar-refractivity contribution in [2.24, 2.45) is 0 Å². The summed E-state index contributed by atoms with van der Waals surface area (Å²) in [6, 6.07) is 14.0. The van der Waals surface area contributed by atoms with Crippen LogP contribution in [-0.2, 0) is 0 Å². The monoisotopic (exact) mass is 414 g/mol. The second kappa shape index (κ2) is 9.13. The van der Waals surface area contributed by atoms with Crippen LogP contribution in [0.15, 0.2) is 60.7 Å². The van der Waals surface area contributed by atoms with Gasteiger partial charge in [-0.05, 0) is 67.6 Å².